The van der Waals surface area contributed by atoms with Gasteiger partial charge in [-0.25, -0.2) is 0 Å². The van der Waals surface area contributed by atoms with Gasteiger partial charge >= 0.3 is 12.4 Å². The highest BCUT2D eigenvalue weighted by Gasteiger charge is 2.33. The summed E-state index contributed by atoms with van der Waals surface area (Å²) in [6.45, 7) is 4.61. The Morgan fingerprint density at radius 3 is 2.26 bits per heavy atom. The largest absolute Gasteiger partial charge is 0.433 e. The number of carbonyl (C=O) groups excluding carboxylic acids is 1. The molecule has 2 aliphatic rings. The van der Waals surface area contributed by atoms with Crippen molar-refractivity contribution in [3.63, 3.8) is 0 Å². The minimum atomic E-state index is -4.50. The fourth-order valence-electron chi connectivity index (χ4n) is 4.91. The van der Waals surface area contributed by atoms with E-state index in [9.17, 15) is 31.1 Å². The standard InChI is InChI=1S/C26H31F6N5O/c27-25(28,29)19-2-4-22(5-3-19)36-12-1-11-35(16-17-36)13-9-24(38)37-14-7-20(8-15-37)34-21-6-10-33-23(18-21)26(30,31)32/h2-6,10,18,20H,1,7-9,11-17H2,(H,33,34). The molecule has 0 spiro atoms. The van der Waals surface area contributed by atoms with Crippen LogP contribution in [0.15, 0.2) is 42.6 Å². The summed E-state index contributed by atoms with van der Waals surface area (Å²) in [5.41, 5.74) is -0.479. The van der Waals surface area contributed by atoms with Crippen LogP contribution in [0.25, 0.3) is 0 Å². The molecule has 1 N–H and O–H groups in total. The van der Waals surface area contributed by atoms with Crippen LogP contribution in [0, 0.1) is 0 Å². The van der Waals surface area contributed by atoms with Gasteiger partial charge in [0.1, 0.15) is 5.69 Å². The van der Waals surface area contributed by atoms with Crippen molar-refractivity contribution in [1.82, 2.24) is 14.8 Å². The first-order chi connectivity index (χ1) is 18.0. The average Bonchev–Trinajstić information content (AvgIpc) is 3.13. The monoisotopic (exact) mass is 543 g/mol. The Labute approximate surface area is 217 Å². The molecule has 6 nitrogen and oxygen atoms in total. The van der Waals surface area contributed by atoms with Crippen molar-refractivity contribution < 1.29 is 31.1 Å². The van der Waals surface area contributed by atoms with E-state index < -0.39 is 23.6 Å². The van der Waals surface area contributed by atoms with E-state index in [0.29, 0.717) is 57.7 Å². The first kappa shape index (κ1) is 28.0. The second-order valence-electron chi connectivity index (χ2n) is 9.70. The summed E-state index contributed by atoms with van der Waals surface area (Å²) in [5.74, 6) is 0.0514. The molecule has 12 heteroatoms. The van der Waals surface area contributed by atoms with Gasteiger partial charge in [-0.1, -0.05) is 0 Å². The number of benzene rings is 1. The first-order valence-electron chi connectivity index (χ1n) is 12.7. The lowest BCUT2D eigenvalue weighted by atomic mass is 10.0. The van der Waals surface area contributed by atoms with Crippen LogP contribution in [0.1, 0.15) is 36.9 Å². The Hall–Kier alpha value is -3.02. The molecule has 1 amide bonds. The number of aromatic nitrogens is 1. The Kier molecular flexibility index (Phi) is 8.69. The molecule has 0 atom stereocenters. The highest BCUT2D eigenvalue weighted by molar-refractivity contribution is 5.76. The number of amides is 1. The molecule has 0 aliphatic carbocycles. The molecule has 3 heterocycles. The maximum atomic E-state index is 12.9. The zero-order valence-corrected chi connectivity index (χ0v) is 20.9. The molecule has 2 fully saturated rings. The van der Waals surface area contributed by atoms with Crippen molar-refractivity contribution in [3.8, 4) is 0 Å². The summed E-state index contributed by atoms with van der Waals surface area (Å²) in [4.78, 5) is 22.2. The fraction of sp³-hybridized carbons (Fsp3) is 0.538. The normalized spacial score (nSPS) is 18.4. The molecule has 4 rings (SSSR count). The third kappa shape index (κ3) is 7.52. The van der Waals surface area contributed by atoms with Gasteiger partial charge in [0.15, 0.2) is 0 Å². The van der Waals surface area contributed by atoms with E-state index >= 15 is 0 Å². The van der Waals surface area contributed by atoms with E-state index in [2.05, 4.69) is 20.1 Å². The lowest BCUT2D eigenvalue weighted by molar-refractivity contribution is -0.141. The molecule has 38 heavy (non-hydrogen) atoms. The molecule has 2 aromatic rings. The summed E-state index contributed by atoms with van der Waals surface area (Å²) in [6, 6.07) is 7.70. The molecule has 1 aromatic heterocycles. The molecule has 0 radical (unpaired) electrons. The van der Waals surface area contributed by atoms with Gasteiger partial charge in [-0.05, 0) is 62.2 Å². The SMILES string of the molecule is O=C(CCN1CCCN(c2ccc(C(F)(F)F)cc2)CC1)N1CCC(Nc2ccnc(C(F)(F)F)c2)CC1. The number of rotatable bonds is 6. The summed E-state index contributed by atoms with van der Waals surface area (Å²) in [6.07, 6.45) is -5.22. The summed E-state index contributed by atoms with van der Waals surface area (Å²) in [7, 11) is 0. The summed E-state index contributed by atoms with van der Waals surface area (Å²) < 4.78 is 77.1. The second kappa shape index (κ2) is 11.8. The van der Waals surface area contributed by atoms with E-state index in [0.717, 1.165) is 49.6 Å². The van der Waals surface area contributed by atoms with Gasteiger partial charge in [0.2, 0.25) is 5.91 Å². The maximum Gasteiger partial charge on any atom is 0.433 e. The van der Waals surface area contributed by atoms with Gasteiger partial charge in [0.25, 0.3) is 0 Å². The number of hydrogen-bond donors (Lipinski definition) is 1. The van der Waals surface area contributed by atoms with Crippen LogP contribution in [0.3, 0.4) is 0 Å². The van der Waals surface area contributed by atoms with Gasteiger partial charge in [0, 0.05) is 69.3 Å². The number of piperidine rings is 1. The molecule has 2 saturated heterocycles. The minimum absolute atomic E-state index is 0.0238. The van der Waals surface area contributed by atoms with Crippen LogP contribution in [-0.2, 0) is 17.1 Å². The minimum Gasteiger partial charge on any atom is -0.382 e. The third-order valence-electron chi connectivity index (χ3n) is 7.06. The Bertz CT molecular complexity index is 1070. The molecule has 2 aliphatic heterocycles. The van der Waals surface area contributed by atoms with Crippen molar-refractivity contribution in [3.05, 3.63) is 53.9 Å². The zero-order chi connectivity index (χ0) is 27.3. The van der Waals surface area contributed by atoms with E-state index in [1.165, 1.54) is 18.2 Å². The van der Waals surface area contributed by atoms with Crippen LogP contribution in [0.4, 0.5) is 37.7 Å². The highest BCUT2D eigenvalue weighted by atomic mass is 19.4. The number of likely N-dealkylation sites (tertiary alicyclic amines) is 1. The molecule has 1 aromatic carbocycles. The van der Waals surface area contributed by atoms with Gasteiger partial charge < -0.3 is 20.0 Å². The number of hydrogen-bond acceptors (Lipinski definition) is 5. The predicted molar refractivity (Wildman–Crippen MR) is 132 cm³/mol. The van der Waals surface area contributed by atoms with E-state index in [4.69, 9.17) is 0 Å². The van der Waals surface area contributed by atoms with Crippen molar-refractivity contribution in [1.29, 1.82) is 0 Å². The maximum absolute atomic E-state index is 12.9. The second-order valence-corrected chi connectivity index (χ2v) is 9.70. The predicted octanol–water partition coefficient (Wildman–Crippen LogP) is 5.12. The van der Waals surface area contributed by atoms with Gasteiger partial charge in [-0.3, -0.25) is 9.78 Å². The molecule has 0 bridgehead atoms. The number of anilines is 2. The Morgan fingerprint density at radius 2 is 1.61 bits per heavy atom. The van der Waals surface area contributed by atoms with Gasteiger partial charge in [-0.2, -0.15) is 26.3 Å². The molecular weight excluding hydrogens is 512 g/mol. The van der Waals surface area contributed by atoms with Crippen molar-refractivity contribution in [2.45, 2.75) is 44.1 Å². The van der Waals surface area contributed by atoms with Crippen molar-refractivity contribution in [2.24, 2.45) is 0 Å². The lowest BCUT2D eigenvalue weighted by Crippen LogP contribution is -2.43. The van der Waals surface area contributed by atoms with Crippen LogP contribution in [-0.4, -0.2) is 72.5 Å². The number of pyridine rings is 1. The smallest absolute Gasteiger partial charge is 0.382 e. The van der Waals surface area contributed by atoms with Crippen molar-refractivity contribution in [2.75, 3.05) is 56.0 Å². The average molecular weight is 544 g/mol. The fourth-order valence-corrected chi connectivity index (χ4v) is 4.91. The number of nitrogens with one attached hydrogen (secondary N) is 1. The first-order valence-corrected chi connectivity index (χ1v) is 12.7. The lowest BCUT2D eigenvalue weighted by Gasteiger charge is -2.33. The number of alkyl halides is 6. The highest BCUT2D eigenvalue weighted by Crippen LogP contribution is 2.31. The van der Waals surface area contributed by atoms with E-state index in [-0.39, 0.29) is 11.9 Å². The van der Waals surface area contributed by atoms with Crippen LogP contribution in [0.5, 0.6) is 0 Å². The molecular formula is C26H31F6N5O. The Balaban J connectivity index is 1.19. The number of halogens is 6. The van der Waals surface area contributed by atoms with E-state index in [1.807, 2.05) is 0 Å². The number of carbonyl (C=O) groups is 1. The summed E-state index contributed by atoms with van der Waals surface area (Å²) >= 11 is 0. The van der Waals surface area contributed by atoms with Crippen molar-refractivity contribution >= 4 is 17.3 Å². The summed E-state index contributed by atoms with van der Waals surface area (Å²) in [5, 5.41) is 3.12. The topological polar surface area (TPSA) is 51.7 Å². The zero-order valence-electron chi connectivity index (χ0n) is 20.9. The molecule has 208 valence electrons. The molecule has 0 unspecified atom stereocenters. The van der Waals surface area contributed by atoms with E-state index in [1.54, 1.807) is 4.90 Å². The van der Waals surface area contributed by atoms with Gasteiger partial charge in [0.05, 0.1) is 5.56 Å². The number of nitrogens with zero attached hydrogens (tertiary/aromatic N) is 4. The quantitative estimate of drug-likeness (QED) is 0.513. The molecule has 0 saturated carbocycles. The van der Waals surface area contributed by atoms with Crippen LogP contribution in [0.2, 0.25) is 0 Å². The Morgan fingerprint density at radius 1 is 0.895 bits per heavy atom. The van der Waals surface area contributed by atoms with Crippen LogP contribution >= 0.6 is 0 Å². The van der Waals surface area contributed by atoms with Gasteiger partial charge in [-0.15, -0.1) is 0 Å². The van der Waals surface area contributed by atoms with Crippen LogP contribution < -0.4 is 10.2 Å². The third-order valence-corrected chi connectivity index (χ3v) is 7.06.